The standard InChI is InChI=1S/C12H15N3O3/c13-8(2-1-3-11(14)16)7-4-5-9-10(6-7)18-12(17)15-9/h4-6,8H,1-3,13H2,(H2,14,16)(H,15,17). The van der Waals surface area contributed by atoms with Crippen LogP contribution < -0.4 is 17.2 Å². The summed E-state index contributed by atoms with van der Waals surface area (Å²) >= 11 is 0. The SMILES string of the molecule is NC(=O)CCCC(N)c1ccc2[nH]c(=O)oc2c1. The first-order valence-electron chi connectivity index (χ1n) is 5.73. The molecule has 6 heteroatoms. The van der Waals surface area contributed by atoms with E-state index in [9.17, 15) is 9.59 Å². The van der Waals surface area contributed by atoms with Gasteiger partial charge in [-0.3, -0.25) is 9.78 Å². The van der Waals surface area contributed by atoms with Crippen molar-refractivity contribution < 1.29 is 9.21 Å². The molecular formula is C12H15N3O3. The minimum absolute atomic E-state index is 0.200. The second kappa shape index (κ2) is 5.05. The molecule has 5 N–H and O–H groups in total. The first kappa shape index (κ1) is 12.4. The van der Waals surface area contributed by atoms with Crippen molar-refractivity contribution in [2.45, 2.75) is 25.3 Å². The Hall–Kier alpha value is -2.08. The van der Waals surface area contributed by atoms with Gasteiger partial charge in [0.1, 0.15) is 0 Å². The fourth-order valence-corrected chi connectivity index (χ4v) is 1.86. The van der Waals surface area contributed by atoms with Gasteiger partial charge in [0.25, 0.3) is 0 Å². The zero-order chi connectivity index (χ0) is 13.1. The number of oxazole rings is 1. The Kier molecular flexibility index (Phi) is 3.47. The van der Waals surface area contributed by atoms with E-state index in [0.717, 1.165) is 5.56 Å². The van der Waals surface area contributed by atoms with Crippen molar-refractivity contribution in [1.29, 1.82) is 0 Å². The van der Waals surface area contributed by atoms with E-state index in [0.29, 0.717) is 30.4 Å². The predicted molar refractivity (Wildman–Crippen MR) is 66.8 cm³/mol. The van der Waals surface area contributed by atoms with Crippen LogP contribution in [0.25, 0.3) is 11.1 Å². The molecule has 1 aromatic heterocycles. The third-order valence-electron chi connectivity index (χ3n) is 2.81. The van der Waals surface area contributed by atoms with Gasteiger partial charge in [0.2, 0.25) is 5.91 Å². The molecule has 96 valence electrons. The van der Waals surface area contributed by atoms with Crippen LogP contribution in [0.15, 0.2) is 27.4 Å². The lowest BCUT2D eigenvalue weighted by molar-refractivity contribution is -0.118. The molecule has 2 aromatic rings. The molecule has 0 saturated carbocycles. The summed E-state index contributed by atoms with van der Waals surface area (Å²) in [7, 11) is 0. The third kappa shape index (κ3) is 2.78. The van der Waals surface area contributed by atoms with E-state index in [1.54, 1.807) is 12.1 Å². The van der Waals surface area contributed by atoms with Gasteiger partial charge >= 0.3 is 5.76 Å². The normalized spacial score (nSPS) is 12.7. The number of carbonyl (C=O) groups is 1. The summed E-state index contributed by atoms with van der Waals surface area (Å²) in [4.78, 5) is 24.2. The maximum atomic E-state index is 11.0. The summed E-state index contributed by atoms with van der Waals surface area (Å²) < 4.78 is 4.96. The molecule has 2 rings (SSSR count). The largest absolute Gasteiger partial charge is 0.417 e. The fraction of sp³-hybridized carbons (Fsp3) is 0.333. The van der Waals surface area contributed by atoms with Crippen LogP contribution in [0.5, 0.6) is 0 Å². The van der Waals surface area contributed by atoms with Crippen molar-refractivity contribution in [3.05, 3.63) is 34.3 Å². The van der Waals surface area contributed by atoms with Gasteiger partial charge in [-0.15, -0.1) is 0 Å². The molecule has 0 radical (unpaired) electrons. The fourth-order valence-electron chi connectivity index (χ4n) is 1.86. The molecule has 0 bridgehead atoms. The number of amides is 1. The quantitative estimate of drug-likeness (QED) is 0.726. The van der Waals surface area contributed by atoms with Gasteiger partial charge in [-0.05, 0) is 30.5 Å². The number of rotatable bonds is 5. The minimum Gasteiger partial charge on any atom is -0.408 e. The second-order valence-electron chi connectivity index (χ2n) is 4.24. The lowest BCUT2D eigenvalue weighted by Gasteiger charge is -2.10. The van der Waals surface area contributed by atoms with E-state index in [4.69, 9.17) is 15.9 Å². The van der Waals surface area contributed by atoms with Crippen LogP contribution in [0, 0.1) is 0 Å². The van der Waals surface area contributed by atoms with Crippen LogP contribution in [0.3, 0.4) is 0 Å². The van der Waals surface area contributed by atoms with Gasteiger partial charge in [0.15, 0.2) is 5.58 Å². The Balaban J connectivity index is 2.09. The number of aromatic nitrogens is 1. The molecule has 6 nitrogen and oxygen atoms in total. The molecule has 1 amide bonds. The molecule has 0 aliphatic carbocycles. The van der Waals surface area contributed by atoms with E-state index in [2.05, 4.69) is 4.98 Å². The van der Waals surface area contributed by atoms with Gasteiger partial charge in [-0.1, -0.05) is 6.07 Å². The lowest BCUT2D eigenvalue weighted by atomic mass is 10.0. The highest BCUT2D eigenvalue weighted by Crippen LogP contribution is 2.20. The van der Waals surface area contributed by atoms with Crippen LogP contribution in [0.2, 0.25) is 0 Å². The van der Waals surface area contributed by atoms with E-state index < -0.39 is 5.76 Å². The van der Waals surface area contributed by atoms with E-state index in [-0.39, 0.29) is 11.9 Å². The molecular weight excluding hydrogens is 234 g/mol. The third-order valence-corrected chi connectivity index (χ3v) is 2.81. The second-order valence-corrected chi connectivity index (χ2v) is 4.24. The number of carbonyl (C=O) groups excluding carboxylic acids is 1. The number of hydrogen-bond acceptors (Lipinski definition) is 4. The molecule has 0 spiro atoms. The molecule has 0 aliphatic heterocycles. The van der Waals surface area contributed by atoms with Gasteiger partial charge in [0, 0.05) is 12.5 Å². The first-order valence-corrected chi connectivity index (χ1v) is 5.73. The van der Waals surface area contributed by atoms with Crippen molar-refractivity contribution in [2.24, 2.45) is 11.5 Å². The number of hydrogen-bond donors (Lipinski definition) is 3. The van der Waals surface area contributed by atoms with Crippen molar-refractivity contribution in [2.75, 3.05) is 0 Å². The summed E-state index contributed by atoms with van der Waals surface area (Å²) in [5.41, 5.74) is 13.1. The van der Waals surface area contributed by atoms with Gasteiger partial charge in [0.05, 0.1) is 5.52 Å². The van der Waals surface area contributed by atoms with Gasteiger partial charge in [-0.2, -0.15) is 0 Å². The monoisotopic (exact) mass is 249 g/mol. The average Bonchev–Trinajstić information content (AvgIpc) is 2.67. The zero-order valence-electron chi connectivity index (χ0n) is 9.81. The Morgan fingerprint density at radius 1 is 1.44 bits per heavy atom. The van der Waals surface area contributed by atoms with Crippen LogP contribution in [-0.4, -0.2) is 10.9 Å². The van der Waals surface area contributed by atoms with E-state index >= 15 is 0 Å². The molecule has 1 aromatic carbocycles. The highest BCUT2D eigenvalue weighted by atomic mass is 16.4. The predicted octanol–water partition coefficient (Wildman–Crippen LogP) is 0.776. The molecule has 0 aliphatic rings. The van der Waals surface area contributed by atoms with Crippen molar-refractivity contribution in [3.63, 3.8) is 0 Å². The van der Waals surface area contributed by atoms with E-state index in [1.165, 1.54) is 0 Å². The highest BCUT2D eigenvalue weighted by Gasteiger charge is 2.09. The minimum atomic E-state index is -0.482. The Labute approximate surface area is 103 Å². The van der Waals surface area contributed by atoms with Crippen LogP contribution >= 0.6 is 0 Å². The lowest BCUT2D eigenvalue weighted by Crippen LogP contribution is -2.13. The maximum absolute atomic E-state index is 11.0. The number of primary amides is 1. The molecule has 18 heavy (non-hydrogen) atoms. The van der Waals surface area contributed by atoms with Crippen molar-refractivity contribution in [3.8, 4) is 0 Å². The maximum Gasteiger partial charge on any atom is 0.417 e. The summed E-state index contributed by atoms with van der Waals surface area (Å²) in [6.07, 6.45) is 1.63. The van der Waals surface area contributed by atoms with Crippen LogP contribution in [0.4, 0.5) is 0 Å². The van der Waals surface area contributed by atoms with Crippen LogP contribution in [0.1, 0.15) is 30.9 Å². The molecule has 0 saturated heterocycles. The van der Waals surface area contributed by atoms with Crippen molar-refractivity contribution >= 4 is 17.0 Å². The molecule has 1 unspecified atom stereocenters. The van der Waals surface area contributed by atoms with Gasteiger partial charge < -0.3 is 15.9 Å². The Bertz CT molecular complexity index is 614. The number of fused-ring (bicyclic) bond motifs is 1. The number of nitrogens with two attached hydrogens (primary N) is 2. The summed E-state index contributed by atoms with van der Waals surface area (Å²) in [6.45, 7) is 0. The summed E-state index contributed by atoms with van der Waals surface area (Å²) in [5.74, 6) is -0.807. The number of benzene rings is 1. The number of nitrogens with one attached hydrogen (secondary N) is 1. The van der Waals surface area contributed by atoms with Crippen molar-refractivity contribution in [1.82, 2.24) is 4.98 Å². The average molecular weight is 249 g/mol. The summed E-state index contributed by atoms with van der Waals surface area (Å²) in [5, 5.41) is 0. The molecule has 0 fully saturated rings. The highest BCUT2D eigenvalue weighted by molar-refractivity contribution is 5.74. The smallest absolute Gasteiger partial charge is 0.408 e. The number of aromatic amines is 1. The molecule has 1 atom stereocenters. The van der Waals surface area contributed by atoms with Gasteiger partial charge in [-0.25, -0.2) is 4.79 Å². The topological polar surface area (TPSA) is 115 Å². The van der Waals surface area contributed by atoms with E-state index in [1.807, 2.05) is 6.07 Å². The first-order chi connectivity index (χ1) is 8.56. The summed E-state index contributed by atoms with van der Waals surface area (Å²) in [6, 6.07) is 5.13. The Morgan fingerprint density at radius 3 is 2.94 bits per heavy atom. The zero-order valence-corrected chi connectivity index (χ0v) is 9.81. The number of H-pyrrole nitrogens is 1. The molecule has 1 heterocycles. The van der Waals surface area contributed by atoms with Crippen LogP contribution in [-0.2, 0) is 4.79 Å². The Morgan fingerprint density at radius 2 is 2.22 bits per heavy atom.